The maximum Gasteiger partial charge on any atom is 0.170 e. The molecule has 3 N–H and O–H groups in total. The Labute approximate surface area is 92.8 Å². The van der Waals surface area contributed by atoms with Crippen LogP contribution in [-0.4, -0.2) is 21.3 Å². The zero-order valence-corrected chi connectivity index (χ0v) is 8.81. The fraction of sp³-hybridized carbons (Fsp3) is 0.250. The van der Waals surface area contributed by atoms with Gasteiger partial charge in [0.2, 0.25) is 0 Å². The number of aliphatic hydroxyl groups excluding tert-OH is 2. The van der Waals surface area contributed by atoms with Gasteiger partial charge in [-0.15, -0.1) is 0 Å². The van der Waals surface area contributed by atoms with Gasteiger partial charge >= 0.3 is 0 Å². The molecular formula is C12H12N2O2. The minimum atomic E-state index is -1.40. The monoisotopic (exact) mass is 216 g/mol. The van der Waals surface area contributed by atoms with Gasteiger partial charge in [0.1, 0.15) is 6.10 Å². The molecule has 0 aliphatic carbocycles. The quantitative estimate of drug-likeness (QED) is 0.664. The molecule has 4 heteroatoms. The van der Waals surface area contributed by atoms with E-state index in [1.54, 1.807) is 12.3 Å². The van der Waals surface area contributed by atoms with Crippen LogP contribution in [0, 0.1) is 18.3 Å². The predicted octanol–water partition coefficient (Wildman–Crippen LogP) is 1.39. The molecule has 0 spiro atoms. The van der Waals surface area contributed by atoms with E-state index in [0.29, 0.717) is 5.56 Å². The number of benzene rings is 1. The molecule has 1 aromatic carbocycles. The Morgan fingerprint density at radius 2 is 2.12 bits per heavy atom. The van der Waals surface area contributed by atoms with E-state index in [9.17, 15) is 10.2 Å². The number of nitriles is 1. The fourth-order valence-electron chi connectivity index (χ4n) is 1.74. The first kappa shape index (κ1) is 10.7. The van der Waals surface area contributed by atoms with Crippen molar-refractivity contribution < 1.29 is 10.2 Å². The second kappa shape index (κ2) is 3.97. The molecule has 2 unspecified atom stereocenters. The van der Waals surface area contributed by atoms with Gasteiger partial charge in [-0.3, -0.25) is 0 Å². The van der Waals surface area contributed by atoms with E-state index in [4.69, 9.17) is 5.26 Å². The Hall–Kier alpha value is -1.83. The number of hydrogen-bond acceptors (Lipinski definition) is 3. The van der Waals surface area contributed by atoms with E-state index in [1.807, 2.05) is 25.1 Å². The van der Waals surface area contributed by atoms with Crippen molar-refractivity contribution in [2.75, 3.05) is 0 Å². The van der Waals surface area contributed by atoms with Crippen LogP contribution in [0.25, 0.3) is 10.9 Å². The third-order valence-electron chi connectivity index (χ3n) is 2.62. The SMILES string of the molecule is Cc1ccc2[nH]cc(C(O)C(O)C#N)c2c1. The molecule has 0 saturated carbocycles. The topological polar surface area (TPSA) is 80.0 Å². The van der Waals surface area contributed by atoms with Crippen molar-refractivity contribution in [1.82, 2.24) is 4.98 Å². The summed E-state index contributed by atoms with van der Waals surface area (Å²) in [6, 6.07) is 7.39. The number of H-pyrrole nitrogens is 1. The van der Waals surface area contributed by atoms with Gasteiger partial charge in [-0.2, -0.15) is 5.26 Å². The number of hydrogen-bond donors (Lipinski definition) is 3. The Balaban J connectivity index is 2.53. The third-order valence-corrected chi connectivity index (χ3v) is 2.62. The van der Waals surface area contributed by atoms with E-state index >= 15 is 0 Å². The minimum absolute atomic E-state index is 0.549. The molecular weight excluding hydrogens is 204 g/mol. The van der Waals surface area contributed by atoms with Crippen LogP contribution in [0.15, 0.2) is 24.4 Å². The van der Waals surface area contributed by atoms with Crippen LogP contribution in [-0.2, 0) is 0 Å². The summed E-state index contributed by atoms with van der Waals surface area (Å²) in [6.07, 6.45) is -0.963. The van der Waals surface area contributed by atoms with Gasteiger partial charge in [-0.05, 0) is 19.1 Å². The van der Waals surface area contributed by atoms with Crippen LogP contribution in [0.5, 0.6) is 0 Å². The summed E-state index contributed by atoms with van der Waals surface area (Å²) in [7, 11) is 0. The number of aromatic amines is 1. The first-order valence-corrected chi connectivity index (χ1v) is 4.97. The third kappa shape index (κ3) is 1.67. The number of rotatable bonds is 2. The summed E-state index contributed by atoms with van der Waals surface area (Å²) >= 11 is 0. The highest BCUT2D eigenvalue weighted by molar-refractivity contribution is 5.84. The van der Waals surface area contributed by atoms with Crippen molar-refractivity contribution in [3.05, 3.63) is 35.5 Å². The highest BCUT2D eigenvalue weighted by Crippen LogP contribution is 2.26. The molecule has 2 aromatic rings. The van der Waals surface area contributed by atoms with E-state index in [-0.39, 0.29) is 0 Å². The standard InChI is InChI=1S/C12H12N2O2/c1-7-2-3-10-8(4-7)9(6-14-10)12(16)11(15)5-13/h2-4,6,11-12,14-16H,1H3. The highest BCUT2D eigenvalue weighted by Gasteiger charge is 2.20. The molecule has 1 aromatic heterocycles. The first-order chi connectivity index (χ1) is 7.63. The van der Waals surface area contributed by atoms with Crippen molar-refractivity contribution in [1.29, 1.82) is 5.26 Å². The molecule has 2 atom stereocenters. The van der Waals surface area contributed by atoms with Gasteiger partial charge in [0, 0.05) is 22.7 Å². The summed E-state index contributed by atoms with van der Waals surface area (Å²) in [4.78, 5) is 2.99. The van der Waals surface area contributed by atoms with Crippen molar-refractivity contribution in [3.8, 4) is 6.07 Å². The van der Waals surface area contributed by atoms with Crippen LogP contribution in [0.4, 0.5) is 0 Å². The van der Waals surface area contributed by atoms with Gasteiger partial charge in [0.05, 0.1) is 6.07 Å². The normalized spacial score (nSPS) is 14.6. The Kier molecular flexibility index (Phi) is 2.65. The zero-order chi connectivity index (χ0) is 11.7. The molecule has 0 bridgehead atoms. The second-order valence-corrected chi connectivity index (χ2v) is 3.81. The van der Waals surface area contributed by atoms with Crippen LogP contribution >= 0.6 is 0 Å². The average Bonchev–Trinajstić information content (AvgIpc) is 2.69. The first-order valence-electron chi connectivity index (χ1n) is 4.97. The van der Waals surface area contributed by atoms with Crippen molar-refractivity contribution in [2.24, 2.45) is 0 Å². The number of aliphatic hydroxyl groups is 2. The minimum Gasteiger partial charge on any atom is -0.384 e. The van der Waals surface area contributed by atoms with Crippen molar-refractivity contribution in [2.45, 2.75) is 19.1 Å². The number of fused-ring (bicyclic) bond motifs is 1. The van der Waals surface area contributed by atoms with Crippen molar-refractivity contribution in [3.63, 3.8) is 0 Å². The Morgan fingerprint density at radius 1 is 1.38 bits per heavy atom. The second-order valence-electron chi connectivity index (χ2n) is 3.81. The number of aryl methyl sites for hydroxylation is 1. The highest BCUT2D eigenvalue weighted by atomic mass is 16.3. The number of nitrogens with one attached hydrogen (secondary N) is 1. The molecule has 0 aliphatic rings. The van der Waals surface area contributed by atoms with Crippen LogP contribution in [0.3, 0.4) is 0 Å². The van der Waals surface area contributed by atoms with Gasteiger partial charge < -0.3 is 15.2 Å². The van der Waals surface area contributed by atoms with Crippen molar-refractivity contribution >= 4 is 10.9 Å². The Morgan fingerprint density at radius 3 is 2.81 bits per heavy atom. The molecule has 82 valence electrons. The molecule has 0 amide bonds. The maximum absolute atomic E-state index is 9.77. The van der Waals surface area contributed by atoms with E-state index < -0.39 is 12.2 Å². The number of nitrogens with zero attached hydrogens (tertiary/aromatic N) is 1. The van der Waals surface area contributed by atoms with E-state index in [1.165, 1.54) is 0 Å². The fourth-order valence-corrected chi connectivity index (χ4v) is 1.74. The maximum atomic E-state index is 9.77. The van der Waals surface area contributed by atoms with E-state index in [2.05, 4.69) is 4.98 Å². The van der Waals surface area contributed by atoms with Crippen LogP contribution in [0.2, 0.25) is 0 Å². The van der Waals surface area contributed by atoms with Gasteiger partial charge in [-0.25, -0.2) is 0 Å². The predicted molar refractivity (Wildman–Crippen MR) is 59.6 cm³/mol. The zero-order valence-electron chi connectivity index (χ0n) is 8.81. The van der Waals surface area contributed by atoms with Gasteiger partial charge in [0.15, 0.2) is 6.10 Å². The lowest BCUT2D eigenvalue weighted by atomic mass is 10.0. The average molecular weight is 216 g/mol. The lowest BCUT2D eigenvalue weighted by Gasteiger charge is -2.10. The summed E-state index contributed by atoms with van der Waals surface area (Å²) in [5, 5.41) is 28.5. The largest absolute Gasteiger partial charge is 0.384 e. The molecule has 0 radical (unpaired) electrons. The molecule has 2 rings (SSSR count). The molecule has 1 heterocycles. The summed E-state index contributed by atoms with van der Waals surface area (Å²) in [5.41, 5.74) is 2.49. The lowest BCUT2D eigenvalue weighted by Crippen LogP contribution is -2.15. The summed E-state index contributed by atoms with van der Waals surface area (Å²) in [6.45, 7) is 1.95. The Bertz CT molecular complexity index is 554. The number of aromatic nitrogens is 1. The molecule has 0 fully saturated rings. The van der Waals surface area contributed by atoms with Gasteiger partial charge in [0.25, 0.3) is 0 Å². The van der Waals surface area contributed by atoms with Crippen LogP contribution < -0.4 is 0 Å². The van der Waals surface area contributed by atoms with Gasteiger partial charge in [-0.1, -0.05) is 11.6 Å². The summed E-state index contributed by atoms with van der Waals surface area (Å²) < 4.78 is 0. The van der Waals surface area contributed by atoms with E-state index in [0.717, 1.165) is 16.5 Å². The lowest BCUT2D eigenvalue weighted by molar-refractivity contribution is 0.0538. The van der Waals surface area contributed by atoms with Crippen LogP contribution in [0.1, 0.15) is 17.2 Å². The molecule has 4 nitrogen and oxygen atoms in total. The molecule has 0 aliphatic heterocycles. The smallest absolute Gasteiger partial charge is 0.170 e. The summed E-state index contributed by atoms with van der Waals surface area (Å²) in [5.74, 6) is 0. The molecule has 0 saturated heterocycles. The molecule has 16 heavy (non-hydrogen) atoms.